The Balaban J connectivity index is 2.22. The van der Waals surface area contributed by atoms with Gasteiger partial charge in [-0.15, -0.1) is 0 Å². The molecule has 1 rings (SSSR count). The van der Waals surface area contributed by atoms with Crippen molar-refractivity contribution in [2.45, 2.75) is 32.1 Å². The number of hydrogen-bond donors (Lipinski definition) is 2. The van der Waals surface area contributed by atoms with Crippen molar-refractivity contribution in [3.05, 3.63) is 0 Å². The summed E-state index contributed by atoms with van der Waals surface area (Å²) in [5, 5.41) is 5.04. The summed E-state index contributed by atoms with van der Waals surface area (Å²) in [5.41, 5.74) is 5.40. The lowest BCUT2D eigenvalue weighted by Gasteiger charge is -2.33. The predicted molar refractivity (Wildman–Crippen MR) is 73.4 cm³/mol. The molecule has 0 aromatic heterocycles. The SMILES string of the molecule is NCCCCCCC(=O)N1CCN(S(N)(=O)=O)CC1. The minimum Gasteiger partial charge on any atom is -0.340 e. The highest BCUT2D eigenvalue weighted by Gasteiger charge is 2.25. The molecule has 0 unspecified atom stereocenters. The van der Waals surface area contributed by atoms with Gasteiger partial charge in [-0.3, -0.25) is 4.79 Å². The van der Waals surface area contributed by atoms with Gasteiger partial charge in [0.2, 0.25) is 5.91 Å². The van der Waals surface area contributed by atoms with Crippen LogP contribution in [-0.2, 0) is 15.0 Å². The molecule has 112 valence electrons. The van der Waals surface area contributed by atoms with Gasteiger partial charge in [-0.25, -0.2) is 5.14 Å². The third-order valence-corrected chi connectivity index (χ3v) is 4.38. The molecule has 0 saturated carbocycles. The normalized spacial score (nSPS) is 17.7. The summed E-state index contributed by atoms with van der Waals surface area (Å²) >= 11 is 0. The maximum absolute atomic E-state index is 11.9. The molecule has 0 aromatic carbocycles. The molecule has 1 fully saturated rings. The van der Waals surface area contributed by atoms with Crippen molar-refractivity contribution in [2.24, 2.45) is 10.9 Å². The van der Waals surface area contributed by atoms with Crippen molar-refractivity contribution in [1.82, 2.24) is 9.21 Å². The van der Waals surface area contributed by atoms with Gasteiger partial charge in [0.15, 0.2) is 0 Å². The van der Waals surface area contributed by atoms with E-state index in [2.05, 4.69) is 0 Å². The van der Waals surface area contributed by atoms with E-state index in [0.717, 1.165) is 25.7 Å². The molecule has 4 N–H and O–H groups in total. The van der Waals surface area contributed by atoms with E-state index in [1.54, 1.807) is 4.90 Å². The highest BCUT2D eigenvalue weighted by molar-refractivity contribution is 7.86. The monoisotopic (exact) mass is 292 g/mol. The van der Waals surface area contributed by atoms with Crippen LogP contribution >= 0.6 is 0 Å². The van der Waals surface area contributed by atoms with E-state index in [1.807, 2.05) is 0 Å². The van der Waals surface area contributed by atoms with Crippen molar-refractivity contribution >= 4 is 16.1 Å². The molecule has 1 saturated heterocycles. The van der Waals surface area contributed by atoms with Crippen molar-refractivity contribution in [1.29, 1.82) is 0 Å². The minimum atomic E-state index is -3.62. The molecule has 1 aliphatic heterocycles. The first-order valence-corrected chi connectivity index (χ1v) is 8.21. The molecule has 0 aromatic rings. The molecule has 1 amide bonds. The topological polar surface area (TPSA) is 110 Å². The predicted octanol–water partition coefficient (Wildman–Crippen LogP) is -0.757. The molecule has 0 atom stereocenters. The van der Waals surface area contributed by atoms with Crippen molar-refractivity contribution in [3.8, 4) is 0 Å². The lowest BCUT2D eigenvalue weighted by Crippen LogP contribution is -2.52. The Kier molecular flexibility index (Phi) is 6.70. The molecule has 0 aliphatic carbocycles. The van der Waals surface area contributed by atoms with Crippen LogP contribution < -0.4 is 10.9 Å². The molecule has 19 heavy (non-hydrogen) atoms. The minimum absolute atomic E-state index is 0.0989. The van der Waals surface area contributed by atoms with Crippen molar-refractivity contribution < 1.29 is 13.2 Å². The van der Waals surface area contributed by atoms with Gasteiger partial charge in [-0.1, -0.05) is 12.8 Å². The first-order valence-electron chi connectivity index (χ1n) is 6.71. The Morgan fingerprint density at radius 2 is 1.58 bits per heavy atom. The Bertz CT molecular complexity index is 377. The fraction of sp³-hybridized carbons (Fsp3) is 0.909. The zero-order valence-electron chi connectivity index (χ0n) is 11.3. The summed E-state index contributed by atoms with van der Waals surface area (Å²) in [6.45, 7) is 2.13. The number of carbonyl (C=O) groups excluding carboxylic acids is 1. The van der Waals surface area contributed by atoms with Crippen LogP contribution in [-0.4, -0.2) is 56.3 Å². The van der Waals surface area contributed by atoms with E-state index in [1.165, 1.54) is 4.31 Å². The lowest BCUT2D eigenvalue weighted by molar-refractivity contribution is -0.132. The third kappa shape index (κ3) is 5.85. The highest BCUT2D eigenvalue weighted by atomic mass is 32.2. The van der Waals surface area contributed by atoms with Gasteiger partial charge in [0.25, 0.3) is 10.2 Å². The second-order valence-corrected chi connectivity index (χ2v) is 6.32. The van der Waals surface area contributed by atoms with Crippen LogP contribution in [0, 0.1) is 0 Å². The molecule has 1 heterocycles. The molecule has 0 radical (unpaired) electrons. The van der Waals surface area contributed by atoms with Gasteiger partial charge in [-0.05, 0) is 19.4 Å². The summed E-state index contributed by atoms with van der Waals surface area (Å²) in [4.78, 5) is 13.6. The number of hydrogen-bond acceptors (Lipinski definition) is 4. The Hall–Kier alpha value is -0.700. The van der Waals surface area contributed by atoms with Crippen LogP contribution in [0.1, 0.15) is 32.1 Å². The van der Waals surface area contributed by atoms with E-state index in [9.17, 15) is 13.2 Å². The van der Waals surface area contributed by atoms with E-state index in [0.29, 0.717) is 26.1 Å². The largest absolute Gasteiger partial charge is 0.340 e. The van der Waals surface area contributed by atoms with E-state index < -0.39 is 10.2 Å². The molecule has 8 heteroatoms. The van der Waals surface area contributed by atoms with E-state index in [4.69, 9.17) is 10.9 Å². The summed E-state index contributed by atoms with van der Waals surface area (Å²) in [6.07, 6.45) is 4.47. The van der Waals surface area contributed by atoms with Crippen LogP contribution in [0.15, 0.2) is 0 Å². The first-order chi connectivity index (χ1) is 8.95. The molecule has 0 bridgehead atoms. The van der Waals surface area contributed by atoms with Crippen molar-refractivity contribution in [3.63, 3.8) is 0 Å². The highest BCUT2D eigenvalue weighted by Crippen LogP contribution is 2.09. The van der Waals surface area contributed by atoms with Gasteiger partial charge in [0, 0.05) is 32.6 Å². The zero-order chi connectivity index (χ0) is 14.3. The number of amides is 1. The Labute approximate surface area is 115 Å². The fourth-order valence-corrected chi connectivity index (χ4v) is 2.80. The third-order valence-electron chi connectivity index (χ3n) is 3.30. The first kappa shape index (κ1) is 16.4. The molecule has 0 spiro atoms. The van der Waals surface area contributed by atoms with Gasteiger partial charge in [0.05, 0.1) is 0 Å². The zero-order valence-corrected chi connectivity index (χ0v) is 12.1. The second kappa shape index (κ2) is 7.78. The van der Waals surface area contributed by atoms with Gasteiger partial charge >= 0.3 is 0 Å². The van der Waals surface area contributed by atoms with Gasteiger partial charge < -0.3 is 10.6 Å². The number of nitrogens with zero attached hydrogens (tertiary/aromatic N) is 2. The molecule has 1 aliphatic rings. The average Bonchev–Trinajstić information content (AvgIpc) is 2.37. The fourth-order valence-electron chi connectivity index (χ4n) is 2.12. The second-order valence-electron chi connectivity index (χ2n) is 4.78. The maximum Gasteiger partial charge on any atom is 0.277 e. The Morgan fingerprint density at radius 1 is 1.00 bits per heavy atom. The van der Waals surface area contributed by atoms with Crippen LogP contribution in [0.3, 0.4) is 0 Å². The average molecular weight is 292 g/mol. The van der Waals surface area contributed by atoms with Crippen LogP contribution in [0.25, 0.3) is 0 Å². The Morgan fingerprint density at radius 3 is 2.11 bits per heavy atom. The van der Waals surface area contributed by atoms with Crippen LogP contribution in [0.2, 0.25) is 0 Å². The maximum atomic E-state index is 11.9. The number of unbranched alkanes of at least 4 members (excludes halogenated alkanes) is 3. The summed E-state index contributed by atoms with van der Waals surface area (Å²) in [5.74, 6) is 0.0989. The van der Waals surface area contributed by atoms with Crippen molar-refractivity contribution in [2.75, 3.05) is 32.7 Å². The lowest BCUT2D eigenvalue weighted by atomic mass is 10.1. The number of rotatable bonds is 7. The van der Waals surface area contributed by atoms with Gasteiger partial charge in [0.1, 0.15) is 0 Å². The van der Waals surface area contributed by atoms with Gasteiger partial charge in [-0.2, -0.15) is 12.7 Å². The number of carbonyl (C=O) groups is 1. The van der Waals surface area contributed by atoms with Crippen LogP contribution in [0.4, 0.5) is 0 Å². The summed E-state index contributed by atoms with van der Waals surface area (Å²) in [7, 11) is -3.62. The quantitative estimate of drug-likeness (QED) is 0.601. The van der Waals surface area contributed by atoms with Crippen LogP contribution in [0.5, 0.6) is 0 Å². The van der Waals surface area contributed by atoms with E-state index >= 15 is 0 Å². The molecular weight excluding hydrogens is 268 g/mol. The summed E-state index contributed by atoms with van der Waals surface area (Å²) in [6, 6.07) is 0. The smallest absolute Gasteiger partial charge is 0.277 e. The number of piperazine rings is 1. The molecule has 7 nitrogen and oxygen atoms in total. The van der Waals surface area contributed by atoms with E-state index in [-0.39, 0.29) is 19.0 Å². The number of nitrogens with two attached hydrogens (primary N) is 2. The standard InChI is InChI=1S/C11H24N4O3S/c12-6-4-2-1-3-5-11(16)14-7-9-15(10-8-14)19(13,17)18/h1-10,12H2,(H2,13,17,18). The summed E-state index contributed by atoms with van der Waals surface area (Å²) < 4.78 is 23.5. The molecular formula is C11H24N4O3S.